The van der Waals surface area contributed by atoms with Gasteiger partial charge in [0.05, 0.1) is 18.9 Å². The van der Waals surface area contributed by atoms with Gasteiger partial charge in [0.15, 0.2) is 4.87 Å². The smallest absolute Gasteiger partial charge is 0.239 e. The van der Waals surface area contributed by atoms with Crippen LogP contribution in [-0.2, 0) is 19.0 Å². The zero-order valence-electron chi connectivity index (χ0n) is 12.2. The molecule has 0 unspecified atom stereocenters. The zero-order valence-corrected chi connectivity index (χ0v) is 13.7. The summed E-state index contributed by atoms with van der Waals surface area (Å²) in [4.78, 5) is 13.1. The molecule has 0 bridgehead atoms. The summed E-state index contributed by atoms with van der Waals surface area (Å²) in [5, 5.41) is 0.0532. The highest BCUT2D eigenvalue weighted by molar-refractivity contribution is 6.53. The molecule has 0 amide bonds. The van der Waals surface area contributed by atoms with E-state index in [-0.39, 0.29) is 11.5 Å². The maximum absolute atomic E-state index is 12.6. The van der Waals surface area contributed by atoms with Gasteiger partial charge in [-0.3, -0.25) is 4.79 Å². The van der Waals surface area contributed by atoms with Crippen LogP contribution in [-0.4, -0.2) is 61.9 Å². The van der Waals surface area contributed by atoms with Crippen molar-refractivity contribution in [3.63, 3.8) is 0 Å². The van der Waals surface area contributed by atoms with Gasteiger partial charge in [-0.2, -0.15) is 0 Å². The van der Waals surface area contributed by atoms with Crippen molar-refractivity contribution in [3.8, 4) is 0 Å². The summed E-state index contributed by atoms with van der Waals surface area (Å²) < 4.78 is 16.5. The van der Waals surface area contributed by atoms with E-state index < -0.39 is 16.4 Å². The Bertz CT molecular complexity index is 470. The second-order valence-electron chi connectivity index (χ2n) is 4.91. The summed E-state index contributed by atoms with van der Waals surface area (Å²) in [6.45, 7) is 5.93. The number of Topliss-reactive ketones (excluding diaryl/α,β-unsaturated/α-hetero) is 1. The molecule has 0 aromatic rings. The van der Waals surface area contributed by atoms with E-state index >= 15 is 0 Å². The van der Waals surface area contributed by atoms with E-state index in [1.165, 1.54) is 14.2 Å². The largest absolute Gasteiger partial charge is 0.378 e. The molecule has 0 saturated carbocycles. The molecule has 1 atom stereocenters. The number of halogens is 2. The van der Waals surface area contributed by atoms with Gasteiger partial charge in [-0.15, -0.1) is 18.2 Å². The minimum Gasteiger partial charge on any atom is -0.378 e. The summed E-state index contributed by atoms with van der Waals surface area (Å²) >= 11 is 12.9. The number of ether oxygens (including phenoxy) is 3. The van der Waals surface area contributed by atoms with Crippen molar-refractivity contribution in [2.45, 2.75) is 17.1 Å². The van der Waals surface area contributed by atoms with Crippen molar-refractivity contribution in [1.29, 1.82) is 0 Å². The van der Waals surface area contributed by atoms with Gasteiger partial charge in [-0.05, 0) is 6.42 Å². The van der Waals surface area contributed by atoms with E-state index in [0.29, 0.717) is 32.0 Å². The average Bonchev–Trinajstić information content (AvgIpc) is 2.67. The van der Waals surface area contributed by atoms with Crippen LogP contribution in [0.1, 0.15) is 6.42 Å². The lowest BCUT2D eigenvalue weighted by atomic mass is 9.93. The molecular formula is C14H19Cl2NO4. The van der Waals surface area contributed by atoms with Gasteiger partial charge in [0, 0.05) is 27.3 Å². The molecule has 1 aliphatic heterocycles. The number of nitrogens with zero attached hydrogens (tertiary/aromatic N) is 1. The molecule has 1 fully saturated rings. The second-order valence-corrected chi connectivity index (χ2v) is 5.93. The first-order valence-corrected chi connectivity index (χ1v) is 7.42. The summed E-state index contributed by atoms with van der Waals surface area (Å²) in [5.41, 5.74) is 0.472. The number of hydrogen-bond donors (Lipinski definition) is 0. The van der Waals surface area contributed by atoms with Gasteiger partial charge in [0.25, 0.3) is 0 Å². The Morgan fingerprint density at radius 2 is 1.95 bits per heavy atom. The number of hydrogen-bond acceptors (Lipinski definition) is 5. The summed E-state index contributed by atoms with van der Waals surface area (Å²) in [7, 11) is 2.90. The molecule has 0 spiro atoms. The monoisotopic (exact) mass is 335 g/mol. The summed E-state index contributed by atoms with van der Waals surface area (Å²) in [5.74, 6) is -1.84. The maximum Gasteiger partial charge on any atom is 0.239 e. The number of methoxy groups -OCH3 is 2. The molecule has 1 saturated heterocycles. The van der Waals surface area contributed by atoms with Crippen molar-refractivity contribution in [3.05, 3.63) is 23.4 Å². The molecular weight excluding hydrogens is 317 g/mol. The summed E-state index contributed by atoms with van der Waals surface area (Å²) in [6.07, 6.45) is 1.74. The molecule has 2 aliphatic rings. The van der Waals surface area contributed by atoms with Crippen LogP contribution in [0.15, 0.2) is 23.4 Å². The quantitative estimate of drug-likeness (QED) is 0.436. The Morgan fingerprint density at radius 3 is 2.43 bits per heavy atom. The molecule has 118 valence electrons. The van der Waals surface area contributed by atoms with E-state index in [9.17, 15) is 4.79 Å². The number of carbonyl (C=O) groups is 1. The van der Waals surface area contributed by atoms with Crippen LogP contribution < -0.4 is 0 Å². The molecule has 0 aromatic carbocycles. The predicted molar refractivity (Wildman–Crippen MR) is 80.4 cm³/mol. The summed E-state index contributed by atoms with van der Waals surface area (Å²) in [6, 6.07) is 0. The SMILES string of the molecule is C=CC[C@]1(Cl)C(=O)C(Cl)=C(N2CCOCC2)C1(OC)OC. The van der Waals surface area contributed by atoms with Gasteiger partial charge >= 0.3 is 0 Å². The van der Waals surface area contributed by atoms with Crippen molar-refractivity contribution in [1.82, 2.24) is 4.90 Å². The van der Waals surface area contributed by atoms with Crippen molar-refractivity contribution in [2.75, 3.05) is 40.5 Å². The number of morpholine rings is 1. The van der Waals surface area contributed by atoms with Crippen LogP contribution in [0.25, 0.3) is 0 Å². The lowest BCUT2D eigenvalue weighted by Crippen LogP contribution is -2.57. The van der Waals surface area contributed by atoms with Gasteiger partial charge in [-0.1, -0.05) is 17.7 Å². The highest BCUT2D eigenvalue weighted by Gasteiger charge is 2.66. The fraction of sp³-hybridized carbons (Fsp3) is 0.643. The van der Waals surface area contributed by atoms with Crippen LogP contribution >= 0.6 is 23.2 Å². The minimum absolute atomic E-state index is 0.0532. The number of carbonyl (C=O) groups excluding carboxylic acids is 1. The molecule has 0 radical (unpaired) electrons. The number of alkyl halides is 1. The van der Waals surface area contributed by atoms with E-state index in [4.69, 9.17) is 37.4 Å². The van der Waals surface area contributed by atoms with Gasteiger partial charge in [0.2, 0.25) is 11.6 Å². The third kappa shape index (κ3) is 2.32. The normalized spacial score (nSPS) is 29.1. The van der Waals surface area contributed by atoms with Crippen molar-refractivity contribution >= 4 is 29.0 Å². The first-order valence-electron chi connectivity index (χ1n) is 6.66. The molecule has 21 heavy (non-hydrogen) atoms. The van der Waals surface area contributed by atoms with E-state index in [1.54, 1.807) is 6.08 Å². The van der Waals surface area contributed by atoms with Crippen LogP contribution in [0.2, 0.25) is 0 Å². The molecule has 5 nitrogen and oxygen atoms in total. The van der Waals surface area contributed by atoms with Crippen molar-refractivity contribution in [2.24, 2.45) is 0 Å². The van der Waals surface area contributed by atoms with Gasteiger partial charge < -0.3 is 19.1 Å². The Balaban J connectivity index is 2.54. The molecule has 7 heteroatoms. The van der Waals surface area contributed by atoms with Crippen LogP contribution in [0.5, 0.6) is 0 Å². The highest BCUT2D eigenvalue weighted by Crippen LogP contribution is 2.52. The molecule has 2 rings (SSSR count). The maximum atomic E-state index is 12.6. The minimum atomic E-state index is -1.46. The molecule has 1 aliphatic carbocycles. The first kappa shape index (κ1) is 16.8. The molecule has 0 aromatic heterocycles. The second kappa shape index (κ2) is 6.26. The Labute approximate surface area is 134 Å². The molecule has 1 heterocycles. The Morgan fingerprint density at radius 1 is 1.38 bits per heavy atom. The standard InChI is InChI=1S/C14H19Cl2NO4/c1-4-5-13(16)12(18)10(15)11(14(13,19-2)20-3)17-6-8-21-9-7-17/h4H,1,5-9H2,2-3H3/t13-/m0/s1. The first-order chi connectivity index (χ1) is 9.98. The highest BCUT2D eigenvalue weighted by atomic mass is 35.5. The average molecular weight is 336 g/mol. The predicted octanol–water partition coefficient (Wildman–Crippen LogP) is 1.89. The van der Waals surface area contributed by atoms with E-state index in [0.717, 1.165) is 0 Å². The molecule has 0 N–H and O–H groups in total. The Hall–Kier alpha value is -0.590. The fourth-order valence-corrected chi connectivity index (χ4v) is 3.82. The van der Waals surface area contributed by atoms with Gasteiger partial charge in [0.1, 0.15) is 5.03 Å². The topological polar surface area (TPSA) is 48.0 Å². The number of ketones is 1. The van der Waals surface area contributed by atoms with E-state index in [2.05, 4.69) is 6.58 Å². The van der Waals surface area contributed by atoms with E-state index in [1.807, 2.05) is 4.90 Å². The van der Waals surface area contributed by atoms with Crippen molar-refractivity contribution < 1.29 is 19.0 Å². The number of allylic oxidation sites excluding steroid dienone is 2. The number of rotatable bonds is 5. The Kier molecular flexibility index (Phi) is 5.00. The third-order valence-corrected chi connectivity index (χ3v) is 4.85. The fourth-order valence-electron chi connectivity index (χ4n) is 2.92. The van der Waals surface area contributed by atoms with Gasteiger partial charge in [-0.25, -0.2) is 0 Å². The third-order valence-electron chi connectivity index (χ3n) is 3.93. The van der Waals surface area contributed by atoms with Crippen LogP contribution in [0.4, 0.5) is 0 Å². The van der Waals surface area contributed by atoms with Crippen LogP contribution in [0, 0.1) is 0 Å². The lowest BCUT2D eigenvalue weighted by Gasteiger charge is -2.43. The van der Waals surface area contributed by atoms with Crippen LogP contribution in [0.3, 0.4) is 0 Å². The lowest BCUT2D eigenvalue weighted by molar-refractivity contribution is -0.208. The zero-order chi connectivity index (χ0) is 15.7.